The summed E-state index contributed by atoms with van der Waals surface area (Å²) in [4.78, 5) is 2.61. The molecule has 3 rings (SSSR count). The van der Waals surface area contributed by atoms with Crippen molar-refractivity contribution in [3.8, 4) is 5.75 Å². The van der Waals surface area contributed by atoms with Crippen molar-refractivity contribution in [2.24, 2.45) is 5.92 Å². The molecule has 1 aromatic carbocycles. The number of aromatic hydroxyl groups is 1. The molecule has 21 heavy (non-hydrogen) atoms. The molecular formula is C18H28N2O. The fraction of sp³-hybridized carbons (Fsp3) is 0.667. The molecular weight excluding hydrogens is 260 g/mol. The third kappa shape index (κ3) is 3.78. The van der Waals surface area contributed by atoms with E-state index in [1.807, 2.05) is 12.1 Å². The second-order valence-electron chi connectivity index (χ2n) is 6.81. The van der Waals surface area contributed by atoms with Crippen LogP contribution in [0, 0.1) is 5.92 Å². The number of fused-ring (bicyclic) bond motifs is 1. The van der Waals surface area contributed by atoms with Gasteiger partial charge in [0.1, 0.15) is 5.75 Å². The maximum atomic E-state index is 9.53. The summed E-state index contributed by atoms with van der Waals surface area (Å²) in [7, 11) is 0. The Kier molecular flexibility index (Phi) is 4.81. The van der Waals surface area contributed by atoms with E-state index >= 15 is 0 Å². The highest BCUT2D eigenvalue weighted by Crippen LogP contribution is 2.33. The summed E-state index contributed by atoms with van der Waals surface area (Å²) >= 11 is 0. The molecule has 1 aliphatic heterocycles. The van der Waals surface area contributed by atoms with Crippen molar-refractivity contribution in [1.29, 1.82) is 0 Å². The lowest BCUT2D eigenvalue weighted by atomic mass is 9.99. The van der Waals surface area contributed by atoms with Crippen LogP contribution in [0.5, 0.6) is 5.75 Å². The van der Waals surface area contributed by atoms with Gasteiger partial charge in [-0.05, 0) is 87.5 Å². The molecule has 116 valence electrons. The first kappa shape index (κ1) is 14.9. The zero-order valence-corrected chi connectivity index (χ0v) is 13.1. The average molecular weight is 288 g/mol. The van der Waals surface area contributed by atoms with Gasteiger partial charge >= 0.3 is 0 Å². The molecule has 0 spiro atoms. The minimum atomic E-state index is 0.397. The lowest BCUT2D eigenvalue weighted by Gasteiger charge is -2.30. The number of benzene rings is 1. The monoisotopic (exact) mass is 288 g/mol. The zero-order valence-electron chi connectivity index (χ0n) is 13.1. The number of phenols is 1. The van der Waals surface area contributed by atoms with Crippen molar-refractivity contribution in [3.63, 3.8) is 0 Å². The Labute approximate surface area is 128 Å². The lowest BCUT2D eigenvalue weighted by Crippen LogP contribution is -2.35. The van der Waals surface area contributed by atoms with Gasteiger partial charge in [-0.1, -0.05) is 13.0 Å². The van der Waals surface area contributed by atoms with E-state index in [0.717, 1.165) is 18.9 Å². The van der Waals surface area contributed by atoms with Crippen LogP contribution >= 0.6 is 0 Å². The summed E-state index contributed by atoms with van der Waals surface area (Å²) in [6.45, 7) is 7.26. The van der Waals surface area contributed by atoms with E-state index in [9.17, 15) is 5.11 Å². The second-order valence-corrected chi connectivity index (χ2v) is 6.81. The first-order chi connectivity index (χ1) is 10.2. The summed E-state index contributed by atoms with van der Waals surface area (Å²) in [5.41, 5.74) is 2.71. The Bertz CT molecular complexity index is 466. The van der Waals surface area contributed by atoms with Gasteiger partial charge in [0.2, 0.25) is 0 Å². The molecule has 3 heteroatoms. The maximum absolute atomic E-state index is 9.53. The van der Waals surface area contributed by atoms with E-state index in [1.54, 1.807) is 0 Å². The van der Waals surface area contributed by atoms with Gasteiger partial charge in [0.15, 0.2) is 0 Å². The number of nitrogens with zero attached hydrogens (tertiary/aromatic N) is 1. The predicted molar refractivity (Wildman–Crippen MR) is 86.6 cm³/mol. The third-order valence-corrected chi connectivity index (χ3v) is 5.12. The van der Waals surface area contributed by atoms with Crippen LogP contribution in [0.1, 0.15) is 49.8 Å². The van der Waals surface area contributed by atoms with Gasteiger partial charge in [-0.15, -0.1) is 0 Å². The molecule has 1 unspecified atom stereocenters. The minimum absolute atomic E-state index is 0.397. The molecule has 3 nitrogen and oxygen atoms in total. The van der Waals surface area contributed by atoms with Gasteiger partial charge in [-0.2, -0.15) is 0 Å². The molecule has 1 fully saturated rings. The van der Waals surface area contributed by atoms with Crippen LogP contribution in [0.15, 0.2) is 18.2 Å². The number of nitrogens with one attached hydrogen (secondary N) is 1. The van der Waals surface area contributed by atoms with Crippen LogP contribution in [0.2, 0.25) is 0 Å². The van der Waals surface area contributed by atoms with Crippen molar-refractivity contribution in [2.45, 2.75) is 45.1 Å². The highest BCUT2D eigenvalue weighted by molar-refractivity contribution is 5.39. The van der Waals surface area contributed by atoms with E-state index in [0.29, 0.717) is 11.8 Å². The number of hydrogen-bond donors (Lipinski definition) is 2. The fourth-order valence-corrected chi connectivity index (χ4v) is 3.68. The Morgan fingerprint density at radius 1 is 1.24 bits per heavy atom. The van der Waals surface area contributed by atoms with Crippen molar-refractivity contribution in [1.82, 2.24) is 10.2 Å². The van der Waals surface area contributed by atoms with Crippen LogP contribution < -0.4 is 5.32 Å². The van der Waals surface area contributed by atoms with E-state index in [1.165, 1.54) is 56.4 Å². The number of likely N-dealkylation sites (tertiary alicyclic amines) is 1. The fourth-order valence-electron chi connectivity index (χ4n) is 3.68. The molecule has 2 aliphatic rings. The summed E-state index contributed by atoms with van der Waals surface area (Å²) in [5.74, 6) is 1.32. The molecule has 1 saturated heterocycles. The predicted octanol–water partition coefficient (Wildman–Crippen LogP) is 3.09. The standard InChI is InChI=1S/C18H28N2O/c1-14-7-11-20(12-8-14)10-2-9-19-18-6-3-15-13-16(21)4-5-17(15)18/h4-5,13-14,18-19,21H,2-3,6-12H2,1H3. The van der Waals surface area contributed by atoms with Gasteiger partial charge in [-0.3, -0.25) is 0 Å². The van der Waals surface area contributed by atoms with Gasteiger partial charge in [0.25, 0.3) is 0 Å². The van der Waals surface area contributed by atoms with Gasteiger partial charge in [0, 0.05) is 6.04 Å². The zero-order chi connectivity index (χ0) is 14.7. The van der Waals surface area contributed by atoms with E-state index in [-0.39, 0.29) is 0 Å². The summed E-state index contributed by atoms with van der Waals surface area (Å²) < 4.78 is 0. The number of phenolic OH excluding ortho intramolecular Hbond substituents is 1. The molecule has 0 aromatic heterocycles. The normalized spacial score (nSPS) is 23.4. The van der Waals surface area contributed by atoms with Crippen LogP contribution in [-0.4, -0.2) is 36.2 Å². The van der Waals surface area contributed by atoms with Gasteiger partial charge in [-0.25, -0.2) is 0 Å². The number of rotatable bonds is 5. The highest BCUT2D eigenvalue weighted by atomic mass is 16.3. The summed E-state index contributed by atoms with van der Waals surface area (Å²) in [5, 5.41) is 13.2. The van der Waals surface area contributed by atoms with Crippen molar-refractivity contribution in [2.75, 3.05) is 26.2 Å². The Morgan fingerprint density at radius 3 is 2.86 bits per heavy atom. The molecule has 0 radical (unpaired) electrons. The molecule has 1 aliphatic carbocycles. The Balaban J connectivity index is 1.39. The maximum Gasteiger partial charge on any atom is 0.115 e. The van der Waals surface area contributed by atoms with Crippen molar-refractivity contribution >= 4 is 0 Å². The highest BCUT2D eigenvalue weighted by Gasteiger charge is 2.22. The molecule has 2 N–H and O–H groups in total. The molecule has 0 amide bonds. The van der Waals surface area contributed by atoms with Crippen molar-refractivity contribution in [3.05, 3.63) is 29.3 Å². The smallest absolute Gasteiger partial charge is 0.115 e. The van der Waals surface area contributed by atoms with Crippen molar-refractivity contribution < 1.29 is 5.11 Å². The SMILES string of the molecule is CC1CCN(CCCNC2CCc3cc(O)ccc32)CC1. The van der Waals surface area contributed by atoms with Crippen LogP contribution in [0.25, 0.3) is 0 Å². The Morgan fingerprint density at radius 2 is 2.05 bits per heavy atom. The average Bonchev–Trinajstić information content (AvgIpc) is 2.87. The van der Waals surface area contributed by atoms with Crippen LogP contribution in [0.4, 0.5) is 0 Å². The molecule has 0 bridgehead atoms. The Hall–Kier alpha value is -1.06. The first-order valence-electron chi connectivity index (χ1n) is 8.50. The number of piperidine rings is 1. The lowest BCUT2D eigenvalue weighted by molar-refractivity contribution is 0.190. The quantitative estimate of drug-likeness (QED) is 0.817. The largest absolute Gasteiger partial charge is 0.508 e. The summed E-state index contributed by atoms with van der Waals surface area (Å²) in [6.07, 6.45) is 6.23. The molecule has 1 heterocycles. The molecule has 1 atom stereocenters. The summed E-state index contributed by atoms with van der Waals surface area (Å²) in [6, 6.07) is 6.31. The van der Waals surface area contributed by atoms with Crippen LogP contribution in [-0.2, 0) is 6.42 Å². The van der Waals surface area contributed by atoms with Gasteiger partial charge in [0.05, 0.1) is 0 Å². The molecule has 1 aromatic rings. The molecule has 0 saturated carbocycles. The topological polar surface area (TPSA) is 35.5 Å². The second kappa shape index (κ2) is 6.80. The number of hydrogen-bond acceptors (Lipinski definition) is 3. The first-order valence-corrected chi connectivity index (χ1v) is 8.50. The number of aryl methyl sites for hydroxylation is 1. The van der Waals surface area contributed by atoms with Crippen LogP contribution in [0.3, 0.4) is 0 Å². The van der Waals surface area contributed by atoms with E-state index in [4.69, 9.17) is 0 Å². The third-order valence-electron chi connectivity index (χ3n) is 5.12. The van der Waals surface area contributed by atoms with Gasteiger partial charge < -0.3 is 15.3 Å². The van der Waals surface area contributed by atoms with E-state index in [2.05, 4.69) is 23.2 Å². The minimum Gasteiger partial charge on any atom is -0.508 e. The van der Waals surface area contributed by atoms with E-state index < -0.39 is 0 Å².